The molecule has 16 aromatic rings. The molecule has 0 bridgehead atoms. The Morgan fingerprint density at radius 1 is 0.316 bits per heavy atom. The highest BCUT2D eigenvalue weighted by molar-refractivity contribution is 7.26. The van der Waals surface area contributed by atoms with Gasteiger partial charge in [-0.3, -0.25) is 0 Å². The maximum absolute atomic E-state index is 6.64. The minimum absolute atomic E-state index is 0.566. The van der Waals surface area contributed by atoms with Crippen LogP contribution < -0.4 is 0 Å². The van der Waals surface area contributed by atoms with Crippen molar-refractivity contribution in [2.24, 2.45) is 0 Å². The van der Waals surface area contributed by atoms with Crippen LogP contribution in [0.5, 0.6) is 0 Å². The third-order valence-electron chi connectivity index (χ3n) is 15.2. The topological polar surface area (TPSA) is 61.7 Å². The second kappa shape index (κ2) is 16.8. The van der Waals surface area contributed by atoms with Crippen molar-refractivity contribution in [2.75, 3.05) is 0 Å². The summed E-state index contributed by atoms with van der Waals surface area (Å²) in [4.78, 5) is 16.7. The van der Waals surface area contributed by atoms with E-state index in [-0.39, 0.29) is 0 Å². The van der Waals surface area contributed by atoms with Gasteiger partial charge in [0.05, 0.1) is 33.4 Å². The van der Waals surface area contributed by atoms with Crippen LogP contribution in [0.1, 0.15) is 0 Å². The molecule has 0 aliphatic heterocycles. The number of benzene rings is 11. The minimum atomic E-state index is 0.566. The first-order valence-corrected chi connectivity index (χ1v) is 26.4. The van der Waals surface area contributed by atoms with E-state index in [0.717, 1.165) is 115 Å². The molecule has 0 amide bonds. The lowest BCUT2D eigenvalue weighted by molar-refractivity contribution is 0.669. The van der Waals surface area contributed by atoms with Crippen molar-refractivity contribution >= 4 is 97.1 Å². The number of rotatable bonds is 7. The summed E-state index contributed by atoms with van der Waals surface area (Å²) < 4.78 is 13.9. The molecule has 5 heterocycles. The summed E-state index contributed by atoms with van der Waals surface area (Å²) in [6.07, 6.45) is 0. The Bertz CT molecular complexity index is 5010. The van der Waals surface area contributed by atoms with E-state index < -0.39 is 0 Å². The molecule has 76 heavy (non-hydrogen) atoms. The van der Waals surface area contributed by atoms with E-state index in [4.69, 9.17) is 19.4 Å². The van der Waals surface area contributed by atoms with Gasteiger partial charge in [0.2, 0.25) is 0 Å². The molecule has 0 unspecified atom stereocenters. The second-order valence-electron chi connectivity index (χ2n) is 19.4. The van der Waals surface area contributed by atoms with E-state index >= 15 is 0 Å². The van der Waals surface area contributed by atoms with Crippen LogP contribution in [0.4, 0.5) is 0 Å². The van der Waals surface area contributed by atoms with Crippen LogP contribution in [0, 0.1) is 0 Å². The number of thiophene rings is 1. The van der Waals surface area contributed by atoms with Gasteiger partial charge in [-0.05, 0) is 77.4 Å². The highest BCUT2D eigenvalue weighted by Crippen LogP contribution is 2.46. The summed E-state index contributed by atoms with van der Waals surface area (Å²) in [5.41, 5.74) is 15.3. The van der Waals surface area contributed by atoms with Crippen LogP contribution in [0.15, 0.2) is 253 Å². The molecule has 16 rings (SSSR count). The Balaban J connectivity index is 1.01. The van der Waals surface area contributed by atoms with Crippen molar-refractivity contribution in [2.45, 2.75) is 0 Å². The monoisotopic (exact) mass is 987 g/mol. The lowest BCUT2D eigenvalue weighted by Gasteiger charge is -2.18. The van der Waals surface area contributed by atoms with Crippen molar-refractivity contribution < 1.29 is 4.42 Å². The number of aromatic nitrogens is 5. The number of hydrogen-bond acceptors (Lipinski definition) is 5. The summed E-state index contributed by atoms with van der Waals surface area (Å²) in [6.45, 7) is 0. The molecule has 6 nitrogen and oxygen atoms in total. The summed E-state index contributed by atoms with van der Waals surface area (Å²) in [5, 5.41) is 8.94. The van der Waals surface area contributed by atoms with E-state index in [1.54, 1.807) is 11.3 Å². The van der Waals surface area contributed by atoms with Gasteiger partial charge in [0.25, 0.3) is 0 Å². The summed E-state index contributed by atoms with van der Waals surface area (Å²) >= 11 is 1.78. The summed E-state index contributed by atoms with van der Waals surface area (Å²) in [5.74, 6) is 1.74. The van der Waals surface area contributed by atoms with Crippen LogP contribution in [-0.4, -0.2) is 24.1 Å². The molecule has 0 spiro atoms. The van der Waals surface area contributed by atoms with Crippen molar-refractivity contribution in [3.63, 3.8) is 0 Å². The zero-order valence-electron chi connectivity index (χ0n) is 40.7. The standard InChI is InChI=1S/C69H41N5OS/c1-3-19-42(20-4-1)44-39-40-60-55(41-44)63-52(30-18-37-61(63)75-60)67-70-68(72-69(71-67)54-32-16-29-51-48-26-10-14-38-62(48)76-66(51)54)53-31-15-27-49-46-24-8-13-35-58(46)74(64(49)53)59-36-17-28-50-47-25-9-12-34-57(47)73(65(50)59)56-33-11-7-23-45(56)43-21-5-2-6-22-43/h1-41H. The lowest BCUT2D eigenvalue weighted by atomic mass is 10.0. The van der Waals surface area contributed by atoms with Crippen LogP contribution in [0.2, 0.25) is 0 Å². The van der Waals surface area contributed by atoms with Crippen molar-refractivity contribution in [3.8, 4) is 67.8 Å². The van der Waals surface area contributed by atoms with Gasteiger partial charge in [0.15, 0.2) is 17.5 Å². The average Bonchev–Trinajstić information content (AvgIpc) is 4.28. The Morgan fingerprint density at radius 2 is 0.842 bits per heavy atom. The van der Waals surface area contributed by atoms with Crippen LogP contribution in [-0.2, 0) is 0 Å². The molecule has 5 aromatic heterocycles. The Kier molecular flexibility index (Phi) is 9.40. The largest absolute Gasteiger partial charge is 0.456 e. The molecule has 354 valence electrons. The Morgan fingerprint density at radius 3 is 1.62 bits per heavy atom. The molecule has 0 aliphatic rings. The van der Waals surface area contributed by atoms with Gasteiger partial charge in [-0.2, -0.15) is 0 Å². The van der Waals surface area contributed by atoms with Crippen LogP contribution in [0.25, 0.3) is 154 Å². The molecule has 0 N–H and O–H groups in total. The van der Waals surface area contributed by atoms with E-state index in [2.05, 4.69) is 246 Å². The van der Waals surface area contributed by atoms with Crippen molar-refractivity contribution in [1.82, 2.24) is 24.1 Å². The molecule has 11 aromatic carbocycles. The predicted octanol–water partition coefficient (Wildman–Crippen LogP) is 18.7. The highest BCUT2D eigenvalue weighted by atomic mass is 32.1. The number of para-hydroxylation sites is 5. The second-order valence-corrected chi connectivity index (χ2v) is 20.5. The number of fused-ring (bicyclic) bond motifs is 12. The number of nitrogens with zero attached hydrogens (tertiary/aromatic N) is 5. The zero-order chi connectivity index (χ0) is 49.8. The third-order valence-corrected chi connectivity index (χ3v) is 16.4. The van der Waals surface area contributed by atoms with Gasteiger partial charge in [-0.1, -0.05) is 188 Å². The molecule has 7 heteroatoms. The van der Waals surface area contributed by atoms with Gasteiger partial charge in [-0.25, -0.2) is 15.0 Å². The van der Waals surface area contributed by atoms with E-state index in [1.807, 2.05) is 12.1 Å². The van der Waals surface area contributed by atoms with Crippen LogP contribution in [0.3, 0.4) is 0 Å². The number of hydrogen-bond donors (Lipinski definition) is 0. The summed E-state index contributed by atoms with van der Waals surface area (Å²) in [6, 6.07) is 88.6. The zero-order valence-corrected chi connectivity index (χ0v) is 41.5. The maximum atomic E-state index is 6.64. The Hall–Kier alpha value is -9.95. The minimum Gasteiger partial charge on any atom is -0.456 e. The third kappa shape index (κ3) is 6.43. The fourth-order valence-corrected chi connectivity index (χ4v) is 13.1. The fourth-order valence-electron chi connectivity index (χ4n) is 11.9. The van der Waals surface area contributed by atoms with Gasteiger partial charge >= 0.3 is 0 Å². The smallest absolute Gasteiger partial charge is 0.166 e. The normalized spacial score (nSPS) is 11.9. The van der Waals surface area contributed by atoms with E-state index in [0.29, 0.717) is 17.5 Å². The highest BCUT2D eigenvalue weighted by Gasteiger charge is 2.26. The van der Waals surface area contributed by atoms with Gasteiger partial charge in [0.1, 0.15) is 11.2 Å². The molecule has 0 saturated heterocycles. The fraction of sp³-hybridized carbons (Fsp3) is 0. The molecule has 0 radical (unpaired) electrons. The quantitative estimate of drug-likeness (QED) is 0.160. The predicted molar refractivity (Wildman–Crippen MR) is 316 cm³/mol. The molecule has 0 saturated carbocycles. The van der Waals surface area contributed by atoms with E-state index in [1.165, 1.54) is 20.9 Å². The van der Waals surface area contributed by atoms with Gasteiger partial charge in [-0.15, -0.1) is 11.3 Å². The first kappa shape index (κ1) is 42.5. The molecule has 0 fully saturated rings. The lowest BCUT2D eigenvalue weighted by Crippen LogP contribution is -2.04. The molecular weight excluding hydrogens is 947 g/mol. The first-order chi connectivity index (χ1) is 37.7. The van der Waals surface area contributed by atoms with Gasteiger partial charge in [0, 0.05) is 74.7 Å². The number of furan rings is 1. The van der Waals surface area contributed by atoms with Crippen molar-refractivity contribution in [1.29, 1.82) is 0 Å². The molecular formula is C69H41N5OS. The first-order valence-electron chi connectivity index (χ1n) is 25.6. The average molecular weight is 988 g/mol. The van der Waals surface area contributed by atoms with Crippen LogP contribution >= 0.6 is 11.3 Å². The molecule has 0 aliphatic carbocycles. The maximum Gasteiger partial charge on any atom is 0.166 e. The summed E-state index contributed by atoms with van der Waals surface area (Å²) in [7, 11) is 0. The molecule has 0 atom stereocenters. The van der Waals surface area contributed by atoms with Gasteiger partial charge < -0.3 is 13.6 Å². The SMILES string of the molecule is c1ccc(-c2ccc3oc4cccc(-c5nc(-c6cccc7c6sc6ccccc67)nc(-c6cccc7c8ccccc8n(-c8cccc9c%10ccccc%10n(-c%10ccccc%10-c%10ccccc%10)c89)c67)n5)c4c3c2)cc1. The Labute approximate surface area is 439 Å². The van der Waals surface area contributed by atoms with E-state index in [9.17, 15) is 0 Å². The van der Waals surface area contributed by atoms with Crippen molar-refractivity contribution in [3.05, 3.63) is 249 Å².